The number of nitrogens with one attached hydrogen (secondary N) is 1. The summed E-state index contributed by atoms with van der Waals surface area (Å²) in [5.41, 5.74) is 0.477. The van der Waals surface area contributed by atoms with E-state index in [9.17, 15) is 0 Å². The van der Waals surface area contributed by atoms with Gasteiger partial charge in [-0.15, -0.1) is 12.4 Å². The Morgan fingerprint density at radius 1 is 1.48 bits per heavy atom. The van der Waals surface area contributed by atoms with Gasteiger partial charge < -0.3 is 14.8 Å². The standard InChI is InChI=1S/C16H28N4.ClH/c1-3-15-18-8-10-20(15)14-5-4-9-19(11-14)13-16(2)6-7-17-12-16;/h8,10,14,17H,3-7,9,11-13H2,1-2H3;1H. The topological polar surface area (TPSA) is 33.1 Å². The van der Waals surface area contributed by atoms with Crippen LogP contribution in [0.1, 0.15) is 45.0 Å². The van der Waals surface area contributed by atoms with E-state index in [0.29, 0.717) is 11.5 Å². The second kappa shape index (κ2) is 7.12. The molecule has 1 aromatic heterocycles. The Morgan fingerprint density at radius 2 is 2.33 bits per heavy atom. The highest BCUT2D eigenvalue weighted by molar-refractivity contribution is 5.85. The number of aromatic nitrogens is 2. The van der Waals surface area contributed by atoms with Crippen LogP contribution in [-0.2, 0) is 6.42 Å². The van der Waals surface area contributed by atoms with Crippen LogP contribution < -0.4 is 5.32 Å². The number of hydrogen-bond acceptors (Lipinski definition) is 3. The van der Waals surface area contributed by atoms with E-state index in [0.717, 1.165) is 6.42 Å². The first-order chi connectivity index (χ1) is 9.70. The lowest BCUT2D eigenvalue weighted by molar-refractivity contribution is 0.122. The Kier molecular flexibility index (Phi) is 5.69. The Hall–Kier alpha value is -0.580. The van der Waals surface area contributed by atoms with Crippen molar-refractivity contribution in [2.45, 2.75) is 45.6 Å². The van der Waals surface area contributed by atoms with Gasteiger partial charge in [0.25, 0.3) is 0 Å². The van der Waals surface area contributed by atoms with Gasteiger partial charge in [0.15, 0.2) is 0 Å². The molecule has 2 fully saturated rings. The third kappa shape index (κ3) is 3.79. The number of piperidine rings is 1. The van der Waals surface area contributed by atoms with Crippen LogP contribution in [0.3, 0.4) is 0 Å². The molecule has 0 aromatic carbocycles. The van der Waals surface area contributed by atoms with Gasteiger partial charge in [-0.25, -0.2) is 4.98 Å². The smallest absolute Gasteiger partial charge is 0.108 e. The fraction of sp³-hybridized carbons (Fsp3) is 0.812. The minimum Gasteiger partial charge on any atom is -0.331 e. The monoisotopic (exact) mass is 312 g/mol. The van der Waals surface area contributed by atoms with E-state index in [-0.39, 0.29) is 12.4 Å². The summed E-state index contributed by atoms with van der Waals surface area (Å²) in [6.45, 7) is 10.7. The molecule has 2 aliphatic rings. The van der Waals surface area contributed by atoms with Crippen LogP contribution in [0.2, 0.25) is 0 Å². The minimum atomic E-state index is 0. The number of nitrogens with zero attached hydrogens (tertiary/aromatic N) is 3. The molecule has 0 aliphatic carbocycles. The molecule has 2 aliphatic heterocycles. The van der Waals surface area contributed by atoms with E-state index in [4.69, 9.17) is 0 Å². The van der Waals surface area contributed by atoms with E-state index in [2.05, 4.69) is 39.8 Å². The first kappa shape index (κ1) is 16.8. The zero-order chi connectivity index (χ0) is 14.0. The van der Waals surface area contributed by atoms with Crippen LogP contribution in [0.5, 0.6) is 0 Å². The quantitative estimate of drug-likeness (QED) is 0.927. The molecular weight excluding hydrogens is 284 g/mol. The molecular formula is C16H29ClN4. The molecule has 1 aromatic rings. The van der Waals surface area contributed by atoms with Gasteiger partial charge in [-0.05, 0) is 37.8 Å². The Bertz CT molecular complexity index is 439. The number of rotatable bonds is 4. The van der Waals surface area contributed by atoms with Crippen molar-refractivity contribution in [3.8, 4) is 0 Å². The normalized spacial score (nSPS) is 30.3. The zero-order valence-corrected chi connectivity index (χ0v) is 14.2. The molecule has 4 nitrogen and oxygen atoms in total. The van der Waals surface area contributed by atoms with Crippen molar-refractivity contribution in [1.29, 1.82) is 0 Å². The molecule has 1 N–H and O–H groups in total. The summed E-state index contributed by atoms with van der Waals surface area (Å²) in [6.07, 6.45) is 9.10. The van der Waals surface area contributed by atoms with Crippen molar-refractivity contribution >= 4 is 12.4 Å². The third-order valence-corrected chi connectivity index (χ3v) is 5.00. The molecule has 2 saturated heterocycles. The average molecular weight is 313 g/mol. The van der Waals surface area contributed by atoms with Crippen molar-refractivity contribution in [1.82, 2.24) is 19.8 Å². The summed E-state index contributed by atoms with van der Waals surface area (Å²) in [6, 6.07) is 0.624. The van der Waals surface area contributed by atoms with Crippen LogP contribution >= 0.6 is 12.4 Å². The molecule has 120 valence electrons. The van der Waals surface area contributed by atoms with Gasteiger partial charge in [-0.3, -0.25) is 0 Å². The van der Waals surface area contributed by atoms with Crippen molar-refractivity contribution < 1.29 is 0 Å². The number of likely N-dealkylation sites (tertiary alicyclic amines) is 1. The van der Waals surface area contributed by atoms with Crippen LogP contribution in [-0.4, -0.2) is 47.2 Å². The highest BCUT2D eigenvalue weighted by Gasteiger charge is 2.32. The molecule has 0 amide bonds. The van der Waals surface area contributed by atoms with Gasteiger partial charge in [-0.2, -0.15) is 0 Å². The molecule has 2 unspecified atom stereocenters. The third-order valence-electron chi connectivity index (χ3n) is 5.00. The summed E-state index contributed by atoms with van der Waals surface area (Å²) >= 11 is 0. The predicted molar refractivity (Wildman–Crippen MR) is 89.2 cm³/mol. The summed E-state index contributed by atoms with van der Waals surface area (Å²) < 4.78 is 2.42. The van der Waals surface area contributed by atoms with E-state index in [1.165, 1.54) is 57.8 Å². The van der Waals surface area contributed by atoms with Crippen LogP contribution in [0.25, 0.3) is 0 Å². The predicted octanol–water partition coefficient (Wildman–Crippen LogP) is 2.50. The second-order valence-corrected chi connectivity index (χ2v) is 6.87. The SMILES string of the molecule is CCc1nccn1C1CCCN(CC2(C)CCNC2)C1.Cl. The summed E-state index contributed by atoms with van der Waals surface area (Å²) in [7, 11) is 0. The van der Waals surface area contributed by atoms with E-state index in [1.807, 2.05) is 6.20 Å². The number of hydrogen-bond donors (Lipinski definition) is 1. The molecule has 0 saturated carbocycles. The Balaban J connectivity index is 0.00000161. The fourth-order valence-electron chi connectivity index (χ4n) is 3.90. The molecule has 0 bridgehead atoms. The van der Waals surface area contributed by atoms with Gasteiger partial charge in [-0.1, -0.05) is 13.8 Å². The second-order valence-electron chi connectivity index (χ2n) is 6.87. The molecule has 3 heterocycles. The Morgan fingerprint density at radius 3 is 3.05 bits per heavy atom. The number of halogens is 1. The van der Waals surface area contributed by atoms with E-state index in [1.54, 1.807) is 0 Å². The number of aryl methyl sites for hydroxylation is 1. The van der Waals surface area contributed by atoms with Crippen molar-refractivity contribution in [3.05, 3.63) is 18.2 Å². The van der Waals surface area contributed by atoms with Crippen molar-refractivity contribution in [3.63, 3.8) is 0 Å². The summed E-state index contributed by atoms with van der Waals surface area (Å²) in [5, 5.41) is 3.52. The first-order valence-corrected chi connectivity index (χ1v) is 8.15. The first-order valence-electron chi connectivity index (χ1n) is 8.15. The van der Waals surface area contributed by atoms with Gasteiger partial charge >= 0.3 is 0 Å². The van der Waals surface area contributed by atoms with Gasteiger partial charge in [0, 0.05) is 44.5 Å². The molecule has 21 heavy (non-hydrogen) atoms. The molecule has 0 radical (unpaired) electrons. The molecule has 5 heteroatoms. The lowest BCUT2D eigenvalue weighted by atomic mass is 9.88. The maximum Gasteiger partial charge on any atom is 0.108 e. The fourth-order valence-corrected chi connectivity index (χ4v) is 3.90. The van der Waals surface area contributed by atoms with Crippen LogP contribution in [0.4, 0.5) is 0 Å². The largest absolute Gasteiger partial charge is 0.331 e. The van der Waals surface area contributed by atoms with Gasteiger partial charge in [0.2, 0.25) is 0 Å². The molecule has 3 rings (SSSR count). The van der Waals surface area contributed by atoms with Gasteiger partial charge in [0.05, 0.1) is 0 Å². The molecule has 2 atom stereocenters. The van der Waals surface area contributed by atoms with E-state index >= 15 is 0 Å². The maximum absolute atomic E-state index is 4.49. The van der Waals surface area contributed by atoms with Crippen LogP contribution in [0.15, 0.2) is 12.4 Å². The van der Waals surface area contributed by atoms with Crippen molar-refractivity contribution in [2.75, 3.05) is 32.7 Å². The summed E-state index contributed by atoms with van der Waals surface area (Å²) in [4.78, 5) is 7.17. The van der Waals surface area contributed by atoms with Crippen molar-refractivity contribution in [2.24, 2.45) is 5.41 Å². The average Bonchev–Trinajstić information content (AvgIpc) is 3.07. The summed E-state index contributed by atoms with van der Waals surface area (Å²) in [5.74, 6) is 1.24. The molecule has 0 spiro atoms. The lowest BCUT2D eigenvalue weighted by Crippen LogP contribution is -2.43. The minimum absolute atomic E-state index is 0. The maximum atomic E-state index is 4.49. The van der Waals surface area contributed by atoms with Crippen LogP contribution in [0, 0.1) is 5.41 Å². The number of imidazole rings is 1. The Labute approximate surface area is 134 Å². The van der Waals surface area contributed by atoms with E-state index < -0.39 is 0 Å². The highest BCUT2D eigenvalue weighted by atomic mass is 35.5. The highest BCUT2D eigenvalue weighted by Crippen LogP contribution is 2.29. The lowest BCUT2D eigenvalue weighted by Gasteiger charge is -2.38. The zero-order valence-electron chi connectivity index (χ0n) is 13.3. The van der Waals surface area contributed by atoms with Gasteiger partial charge in [0.1, 0.15) is 5.82 Å².